The fourth-order valence-electron chi connectivity index (χ4n) is 3.29. The molecule has 0 aliphatic rings. The van der Waals surface area contributed by atoms with E-state index >= 15 is 0 Å². The number of hydrogen-bond donors (Lipinski definition) is 1. The molecule has 0 aliphatic carbocycles. The summed E-state index contributed by atoms with van der Waals surface area (Å²) in [6.07, 6.45) is 0.877. The van der Waals surface area contributed by atoms with Crippen LogP contribution in [0.3, 0.4) is 0 Å². The molecule has 0 spiro atoms. The molecular formula is C26H29ClN2O2. The second kappa shape index (κ2) is 11.4. The number of nitrogens with two attached hydrogens (primary N) is 1. The number of benzene rings is 3. The van der Waals surface area contributed by atoms with Crippen LogP contribution in [-0.4, -0.2) is 25.1 Å². The van der Waals surface area contributed by atoms with Crippen LogP contribution in [0.1, 0.15) is 23.1 Å². The molecule has 3 rings (SSSR count). The quantitative estimate of drug-likeness (QED) is 0.415. The van der Waals surface area contributed by atoms with Crippen LogP contribution in [0.15, 0.2) is 79.4 Å². The summed E-state index contributed by atoms with van der Waals surface area (Å²) in [6.45, 7) is 7.00. The third-order valence-corrected chi connectivity index (χ3v) is 5.29. The molecule has 0 aromatic heterocycles. The summed E-state index contributed by atoms with van der Waals surface area (Å²) in [6, 6.07) is 23.9. The van der Waals surface area contributed by atoms with Crippen molar-refractivity contribution in [3.8, 4) is 11.5 Å². The van der Waals surface area contributed by atoms with Crippen LogP contribution in [0.25, 0.3) is 5.70 Å². The van der Waals surface area contributed by atoms with Gasteiger partial charge in [0.25, 0.3) is 0 Å². The molecule has 3 aromatic carbocycles. The minimum atomic E-state index is 0.483. The Balaban J connectivity index is 1.75. The third-order valence-electron chi connectivity index (χ3n) is 5.03. The normalized spacial score (nSPS) is 10.5. The van der Waals surface area contributed by atoms with Crippen molar-refractivity contribution in [2.75, 3.05) is 20.2 Å². The lowest BCUT2D eigenvalue weighted by Gasteiger charge is -2.27. The molecule has 0 aliphatic heterocycles. The molecule has 0 unspecified atom stereocenters. The summed E-state index contributed by atoms with van der Waals surface area (Å²) >= 11 is 6.03. The minimum absolute atomic E-state index is 0.483. The van der Waals surface area contributed by atoms with E-state index in [4.69, 9.17) is 26.8 Å². The van der Waals surface area contributed by atoms with Crippen molar-refractivity contribution in [2.45, 2.75) is 19.6 Å². The maximum Gasteiger partial charge on any atom is 0.161 e. The number of halogens is 1. The first kappa shape index (κ1) is 22.7. The second-order valence-electron chi connectivity index (χ2n) is 7.28. The maximum atomic E-state index is 6.03. The van der Waals surface area contributed by atoms with E-state index in [2.05, 4.69) is 11.5 Å². The fraction of sp³-hybridized carbons (Fsp3) is 0.231. The molecule has 3 aromatic rings. The molecule has 0 fully saturated rings. The molecule has 0 radical (unpaired) electrons. The average molecular weight is 437 g/mol. The lowest BCUT2D eigenvalue weighted by atomic mass is 10.1. The van der Waals surface area contributed by atoms with E-state index in [9.17, 15) is 0 Å². The van der Waals surface area contributed by atoms with E-state index in [0.717, 1.165) is 46.9 Å². The van der Waals surface area contributed by atoms with E-state index in [1.54, 1.807) is 7.11 Å². The summed E-state index contributed by atoms with van der Waals surface area (Å²) in [5.41, 5.74) is 9.93. The smallest absolute Gasteiger partial charge is 0.161 e. The molecule has 0 saturated heterocycles. The van der Waals surface area contributed by atoms with E-state index in [-0.39, 0.29) is 0 Å². The van der Waals surface area contributed by atoms with Crippen LogP contribution in [-0.2, 0) is 13.2 Å². The third kappa shape index (κ3) is 6.51. The van der Waals surface area contributed by atoms with Gasteiger partial charge in [-0.25, -0.2) is 0 Å². The Morgan fingerprint density at radius 3 is 2.39 bits per heavy atom. The van der Waals surface area contributed by atoms with Crippen molar-refractivity contribution in [3.63, 3.8) is 0 Å². The number of rotatable bonds is 11. The van der Waals surface area contributed by atoms with Crippen molar-refractivity contribution < 1.29 is 9.47 Å². The molecular weight excluding hydrogens is 408 g/mol. The van der Waals surface area contributed by atoms with Crippen molar-refractivity contribution in [1.29, 1.82) is 0 Å². The molecule has 5 heteroatoms. The molecule has 31 heavy (non-hydrogen) atoms. The highest BCUT2D eigenvalue weighted by Crippen LogP contribution is 2.32. The standard InChI is InChI=1S/C26H29ClN2O2/c1-20(29(16-6-15-28)18-21-9-12-24(27)13-10-21)23-11-14-25(26(17-23)30-2)31-19-22-7-4-3-5-8-22/h3-5,7-14,17H,1,6,15-16,18-19,28H2,2H3. The van der Waals surface area contributed by atoms with Crippen LogP contribution in [0.2, 0.25) is 5.02 Å². The summed E-state index contributed by atoms with van der Waals surface area (Å²) < 4.78 is 11.6. The zero-order valence-corrected chi connectivity index (χ0v) is 18.6. The first-order valence-corrected chi connectivity index (χ1v) is 10.7. The summed E-state index contributed by atoms with van der Waals surface area (Å²) in [5.74, 6) is 1.38. The van der Waals surface area contributed by atoms with Gasteiger partial charge >= 0.3 is 0 Å². The maximum absolute atomic E-state index is 6.03. The van der Waals surface area contributed by atoms with E-state index in [1.807, 2.05) is 72.8 Å². The predicted octanol–water partition coefficient (Wildman–Crippen LogP) is 5.75. The van der Waals surface area contributed by atoms with Gasteiger partial charge in [-0.15, -0.1) is 0 Å². The van der Waals surface area contributed by atoms with Crippen LogP contribution in [0.5, 0.6) is 11.5 Å². The summed E-state index contributed by atoms with van der Waals surface area (Å²) in [4.78, 5) is 2.23. The van der Waals surface area contributed by atoms with Gasteiger partial charge in [0, 0.05) is 29.4 Å². The molecule has 0 heterocycles. The van der Waals surface area contributed by atoms with E-state index in [1.165, 1.54) is 0 Å². The number of nitrogens with zero attached hydrogens (tertiary/aromatic N) is 1. The monoisotopic (exact) mass is 436 g/mol. The van der Waals surface area contributed by atoms with E-state index < -0.39 is 0 Å². The van der Waals surface area contributed by atoms with Gasteiger partial charge in [0.15, 0.2) is 11.5 Å². The molecule has 2 N–H and O–H groups in total. The largest absolute Gasteiger partial charge is 0.493 e. The Morgan fingerprint density at radius 1 is 0.968 bits per heavy atom. The van der Waals surface area contributed by atoms with Crippen LogP contribution in [0.4, 0.5) is 0 Å². The number of hydrogen-bond acceptors (Lipinski definition) is 4. The Hall–Kier alpha value is -2.95. The second-order valence-corrected chi connectivity index (χ2v) is 7.71. The van der Waals surface area contributed by atoms with Gasteiger partial charge < -0.3 is 20.1 Å². The molecule has 4 nitrogen and oxygen atoms in total. The molecule has 0 atom stereocenters. The molecule has 0 saturated carbocycles. The predicted molar refractivity (Wildman–Crippen MR) is 128 cm³/mol. The van der Waals surface area contributed by atoms with Gasteiger partial charge in [0.2, 0.25) is 0 Å². The van der Waals surface area contributed by atoms with E-state index in [0.29, 0.717) is 24.7 Å². The van der Waals surface area contributed by atoms with Crippen molar-refractivity contribution >= 4 is 17.3 Å². The lowest BCUT2D eigenvalue weighted by Crippen LogP contribution is -2.24. The van der Waals surface area contributed by atoms with Gasteiger partial charge in [-0.1, -0.05) is 60.6 Å². The number of methoxy groups -OCH3 is 1. The van der Waals surface area contributed by atoms with Gasteiger partial charge in [0.05, 0.1) is 7.11 Å². The highest BCUT2D eigenvalue weighted by atomic mass is 35.5. The topological polar surface area (TPSA) is 47.7 Å². The first-order valence-electron chi connectivity index (χ1n) is 10.3. The highest BCUT2D eigenvalue weighted by Gasteiger charge is 2.14. The van der Waals surface area contributed by atoms with Crippen LogP contribution < -0.4 is 15.2 Å². The Kier molecular flexibility index (Phi) is 8.39. The van der Waals surface area contributed by atoms with Gasteiger partial charge in [-0.2, -0.15) is 0 Å². The average Bonchev–Trinajstić information content (AvgIpc) is 2.81. The van der Waals surface area contributed by atoms with Gasteiger partial charge in [-0.05, 0) is 54.4 Å². The SMILES string of the molecule is C=C(c1ccc(OCc2ccccc2)c(OC)c1)N(CCCN)Cc1ccc(Cl)cc1. The zero-order valence-electron chi connectivity index (χ0n) is 17.9. The molecule has 0 bridgehead atoms. The first-order chi connectivity index (χ1) is 15.1. The fourth-order valence-corrected chi connectivity index (χ4v) is 3.41. The molecule has 0 amide bonds. The summed E-state index contributed by atoms with van der Waals surface area (Å²) in [5, 5.41) is 0.729. The van der Waals surface area contributed by atoms with Crippen LogP contribution in [0, 0.1) is 0 Å². The van der Waals surface area contributed by atoms with Crippen molar-refractivity contribution in [2.24, 2.45) is 5.73 Å². The zero-order chi connectivity index (χ0) is 22.1. The Bertz CT molecular complexity index is 974. The van der Waals surface area contributed by atoms with Crippen molar-refractivity contribution in [3.05, 3.63) is 101 Å². The Labute approximate surface area is 189 Å². The molecule has 162 valence electrons. The van der Waals surface area contributed by atoms with Crippen LogP contribution >= 0.6 is 11.6 Å². The lowest BCUT2D eigenvalue weighted by molar-refractivity contribution is 0.284. The summed E-state index contributed by atoms with van der Waals surface area (Å²) in [7, 11) is 1.65. The Morgan fingerprint density at radius 2 is 1.71 bits per heavy atom. The van der Waals surface area contributed by atoms with Gasteiger partial charge in [0.1, 0.15) is 6.61 Å². The van der Waals surface area contributed by atoms with Gasteiger partial charge in [-0.3, -0.25) is 0 Å². The number of ether oxygens (including phenoxy) is 2. The van der Waals surface area contributed by atoms with Crippen molar-refractivity contribution in [1.82, 2.24) is 4.90 Å². The highest BCUT2D eigenvalue weighted by molar-refractivity contribution is 6.30. The minimum Gasteiger partial charge on any atom is -0.493 e.